The molecule has 1 aromatic rings. The van der Waals surface area contributed by atoms with Gasteiger partial charge in [0.25, 0.3) is 0 Å². The molecule has 0 spiro atoms. The molecule has 0 radical (unpaired) electrons. The third kappa shape index (κ3) is 2.09. The van der Waals surface area contributed by atoms with Crippen LogP contribution in [-0.4, -0.2) is 12.1 Å². The Bertz CT molecular complexity index is 274. The Balaban J connectivity index is 2.89. The van der Waals surface area contributed by atoms with Crippen LogP contribution in [-0.2, 0) is 4.74 Å². The zero-order valence-corrected chi connectivity index (χ0v) is 7.66. The molecule has 1 heterocycles. The van der Waals surface area contributed by atoms with Crippen LogP contribution in [0.3, 0.4) is 0 Å². The lowest BCUT2D eigenvalue weighted by Gasteiger charge is -1.99. The summed E-state index contributed by atoms with van der Waals surface area (Å²) in [5, 5.41) is 0. The lowest BCUT2D eigenvalue weighted by atomic mass is 10.2. The first-order chi connectivity index (χ1) is 5.74. The molecular weight excluding hydrogens is 150 g/mol. The monoisotopic (exact) mass is 163 g/mol. The zero-order chi connectivity index (χ0) is 8.97. The Morgan fingerprint density at radius 3 is 2.75 bits per heavy atom. The third-order valence-corrected chi connectivity index (χ3v) is 1.61. The van der Waals surface area contributed by atoms with Crippen LogP contribution >= 0.6 is 0 Å². The average Bonchev–Trinajstić information content (AvgIpc) is 2.06. The van der Waals surface area contributed by atoms with Gasteiger partial charge in [-0.3, -0.25) is 4.98 Å². The number of hydrogen-bond donors (Lipinski definition) is 0. The summed E-state index contributed by atoms with van der Waals surface area (Å²) in [6.45, 7) is 3.99. The highest BCUT2D eigenvalue weighted by Gasteiger charge is 1.95. The second-order valence-corrected chi connectivity index (χ2v) is 2.76. The van der Waals surface area contributed by atoms with Crippen molar-refractivity contribution < 1.29 is 4.74 Å². The van der Waals surface area contributed by atoms with E-state index >= 15 is 0 Å². The van der Waals surface area contributed by atoms with Crippen molar-refractivity contribution in [1.82, 2.24) is 4.98 Å². The maximum Gasteiger partial charge on any atom is 0.0875 e. The lowest BCUT2D eigenvalue weighted by molar-refractivity contribution is 0.339. The fraction of sp³-hybridized carbons (Fsp3) is 0.300. The minimum absolute atomic E-state index is 0.961. The van der Waals surface area contributed by atoms with E-state index in [9.17, 15) is 0 Å². The van der Waals surface area contributed by atoms with Crippen molar-refractivity contribution in [2.75, 3.05) is 7.11 Å². The van der Waals surface area contributed by atoms with Gasteiger partial charge in [0, 0.05) is 11.8 Å². The van der Waals surface area contributed by atoms with Crippen LogP contribution < -0.4 is 0 Å². The molecule has 0 saturated carbocycles. The third-order valence-electron chi connectivity index (χ3n) is 1.61. The molecular formula is C10H13NO. The van der Waals surface area contributed by atoms with E-state index in [0.29, 0.717) is 0 Å². The Kier molecular flexibility index (Phi) is 2.86. The molecule has 12 heavy (non-hydrogen) atoms. The number of aromatic nitrogens is 1. The number of methoxy groups -OCH3 is 1. The maximum atomic E-state index is 4.89. The van der Waals surface area contributed by atoms with E-state index in [1.807, 2.05) is 32.2 Å². The van der Waals surface area contributed by atoms with Crippen LogP contribution in [0.15, 0.2) is 24.6 Å². The molecule has 1 aromatic heterocycles. The SMILES string of the molecule is CO/C=C(/C)c1ccc(C)cn1. The van der Waals surface area contributed by atoms with Crippen LogP contribution in [0, 0.1) is 6.92 Å². The molecule has 2 heteroatoms. The standard InChI is InChI=1S/C10H13NO/c1-8-4-5-10(11-6-8)9(2)7-12-3/h4-7H,1-3H3/b9-7-. The van der Waals surface area contributed by atoms with Crippen molar-refractivity contribution in [2.45, 2.75) is 13.8 Å². The Morgan fingerprint density at radius 2 is 2.25 bits per heavy atom. The van der Waals surface area contributed by atoms with Crippen LogP contribution in [0.2, 0.25) is 0 Å². The zero-order valence-electron chi connectivity index (χ0n) is 7.66. The van der Waals surface area contributed by atoms with E-state index in [2.05, 4.69) is 4.98 Å². The number of ether oxygens (including phenoxy) is 1. The number of rotatable bonds is 2. The van der Waals surface area contributed by atoms with E-state index in [1.165, 1.54) is 5.56 Å². The Morgan fingerprint density at radius 1 is 1.50 bits per heavy atom. The summed E-state index contributed by atoms with van der Waals surface area (Å²) in [6.07, 6.45) is 3.54. The average molecular weight is 163 g/mol. The normalized spacial score (nSPS) is 11.4. The molecule has 64 valence electrons. The molecule has 0 aliphatic heterocycles. The van der Waals surface area contributed by atoms with Gasteiger partial charge in [-0.2, -0.15) is 0 Å². The van der Waals surface area contributed by atoms with Crippen LogP contribution in [0.4, 0.5) is 0 Å². The fourth-order valence-corrected chi connectivity index (χ4v) is 0.938. The van der Waals surface area contributed by atoms with E-state index in [0.717, 1.165) is 11.3 Å². The van der Waals surface area contributed by atoms with Gasteiger partial charge in [0.1, 0.15) is 0 Å². The number of nitrogens with zero attached hydrogens (tertiary/aromatic N) is 1. The summed E-state index contributed by atoms with van der Waals surface area (Å²) in [5.41, 5.74) is 3.17. The Labute approximate surface area is 72.9 Å². The number of aryl methyl sites for hydroxylation is 1. The second-order valence-electron chi connectivity index (χ2n) is 2.76. The van der Waals surface area contributed by atoms with Crippen molar-refractivity contribution in [3.05, 3.63) is 35.8 Å². The van der Waals surface area contributed by atoms with Gasteiger partial charge >= 0.3 is 0 Å². The van der Waals surface area contributed by atoms with Crippen LogP contribution in [0.25, 0.3) is 5.57 Å². The number of hydrogen-bond acceptors (Lipinski definition) is 2. The molecule has 1 rings (SSSR count). The highest BCUT2D eigenvalue weighted by molar-refractivity contribution is 5.59. The summed E-state index contributed by atoms with van der Waals surface area (Å²) in [7, 11) is 1.64. The van der Waals surface area contributed by atoms with Gasteiger partial charge in [0.15, 0.2) is 0 Å². The smallest absolute Gasteiger partial charge is 0.0875 e. The minimum atomic E-state index is 0.961. The summed E-state index contributed by atoms with van der Waals surface area (Å²) >= 11 is 0. The fourth-order valence-electron chi connectivity index (χ4n) is 0.938. The molecule has 0 aliphatic rings. The van der Waals surface area contributed by atoms with Gasteiger partial charge in [-0.1, -0.05) is 6.07 Å². The molecule has 0 bridgehead atoms. The molecule has 0 saturated heterocycles. The molecule has 0 aliphatic carbocycles. The first-order valence-corrected chi connectivity index (χ1v) is 3.86. The molecule has 0 aromatic carbocycles. The molecule has 0 N–H and O–H groups in total. The van der Waals surface area contributed by atoms with Crippen molar-refractivity contribution in [2.24, 2.45) is 0 Å². The van der Waals surface area contributed by atoms with Crippen molar-refractivity contribution in [3.8, 4) is 0 Å². The van der Waals surface area contributed by atoms with Crippen molar-refractivity contribution >= 4 is 5.57 Å². The molecule has 0 amide bonds. The number of pyridine rings is 1. The largest absolute Gasteiger partial charge is 0.504 e. The van der Waals surface area contributed by atoms with E-state index < -0.39 is 0 Å². The molecule has 2 nitrogen and oxygen atoms in total. The van der Waals surface area contributed by atoms with Crippen LogP contribution in [0.5, 0.6) is 0 Å². The van der Waals surface area contributed by atoms with Crippen LogP contribution in [0.1, 0.15) is 18.2 Å². The predicted octanol–water partition coefficient (Wildman–Crippen LogP) is 2.40. The Hall–Kier alpha value is -1.31. The van der Waals surface area contributed by atoms with Crippen molar-refractivity contribution in [1.29, 1.82) is 0 Å². The van der Waals surface area contributed by atoms with Gasteiger partial charge in [-0.25, -0.2) is 0 Å². The van der Waals surface area contributed by atoms with Gasteiger partial charge in [-0.05, 0) is 25.5 Å². The summed E-state index contributed by atoms with van der Waals surface area (Å²) in [6, 6.07) is 4.02. The van der Waals surface area contributed by atoms with E-state index in [4.69, 9.17) is 4.74 Å². The lowest BCUT2D eigenvalue weighted by Crippen LogP contribution is -1.86. The molecule has 0 fully saturated rings. The first-order valence-electron chi connectivity index (χ1n) is 3.86. The van der Waals surface area contributed by atoms with Gasteiger partial charge in [-0.15, -0.1) is 0 Å². The van der Waals surface area contributed by atoms with Crippen molar-refractivity contribution in [3.63, 3.8) is 0 Å². The van der Waals surface area contributed by atoms with E-state index in [1.54, 1.807) is 13.4 Å². The quantitative estimate of drug-likeness (QED) is 0.624. The molecule has 0 unspecified atom stereocenters. The highest BCUT2D eigenvalue weighted by atomic mass is 16.5. The van der Waals surface area contributed by atoms with Gasteiger partial charge < -0.3 is 4.74 Å². The maximum absolute atomic E-state index is 4.89. The van der Waals surface area contributed by atoms with Gasteiger partial charge in [0.05, 0.1) is 19.1 Å². The van der Waals surface area contributed by atoms with E-state index in [-0.39, 0.29) is 0 Å². The van der Waals surface area contributed by atoms with Gasteiger partial charge in [0.2, 0.25) is 0 Å². The first kappa shape index (κ1) is 8.78. The second kappa shape index (κ2) is 3.90. The molecule has 0 atom stereocenters. The predicted molar refractivity (Wildman–Crippen MR) is 49.6 cm³/mol. The minimum Gasteiger partial charge on any atom is -0.504 e. The summed E-state index contributed by atoms with van der Waals surface area (Å²) in [5.74, 6) is 0. The number of allylic oxidation sites excluding steroid dienone is 1. The summed E-state index contributed by atoms with van der Waals surface area (Å²) in [4.78, 5) is 4.25. The topological polar surface area (TPSA) is 22.1 Å². The highest BCUT2D eigenvalue weighted by Crippen LogP contribution is 2.10. The summed E-state index contributed by atoms with van der Waals surface area (Å²) < 4.78 is 4.89.